The van der Waals surface area contributed by atoms with Gasteiger partial charge in [0.1, 0.15) is 23.8 Å². The second kappa shape index (κ2) is 9.82. The second-order valence-electron chi connectivity index (χ2n) is 5.37. The van der Waals surface area contributed by atoms with E-state index in [0.717, 1.165) is 0 Å². The number of esters is 1. The van der Waals surface area contributed by atoms with E-state index in [0.29, 0.717) is 22.6 Å². The molecule has 0 aliphatic carbocycles. The molecular weight excluding hydrogens is 346 g/mol. The number of hydrogen-bond donors (Lipinski definition) is 1. The van der Waals surface area contributed by atoms with Crippen LogP contribution in [0.15, 0.2) is 66.9 Å². The van der Waals surface area contributed by atoms with E-state index in [9.17, 15) is 9.59 Å². The van der Waals surface area contributed by atoms with Crippen LogP contribution >= 0.6 is 0 Å². The predicted molar refractivity (Wildman–Crippen MR) is 103 cm³/mol. The summed E-state index contributed by atoms with van der Waals surface area (Å²) in [6, 6.07) is 13.7. The molecule has 1 amide bonds. The molecule has 0 heterocycles. The van der Waals surface area contributed by atoms with Crippen molar-refractivity contribution in [3.63, 3.8) is 0 Å². The second-order valence-corrected chi connectivity index (χ2v) is 5.37. The van der Waals surface area contributed by atoms with Crippen molar-refractivity contribution < 1.29 is 23.8 Å². The molecule has 0 atom stereocenters. The smallest absolute Gasteiger partial charge is 0.355 e. The van der Waals surface area contributed by atoms with Crippen LogP contribution < -0.4 is 14.8 Å². The molecule has 0 aliphatic heterocycles. The predicted octanol–water partition coefficient (Wildman–Crippen LogP) is 3.20. The van der Waals surface area contributed by atoms with Gasteiger partial charge in [-0.25, -0.2) is 4.79 Å². The molecule has 0 aromatic heterocycles. The normalized spacial score (nSPS) is 10.7. The lowest BCUT2D eigenvalue weighted by Gasteiger charge is -2.12. The third-order valence-corrected chi connectivity index (χ3v) is 3.58. The van der Waals surface area contributed by atoms with E-state index in [4.69, 9.17) is 14.2 Å². The van der Waals surface area contributed by atoms with Gasteiger partial charge in [-0.3, -0.25) is 4.79 Å². The minimum Gasteiger partial charge on any atom is -0.497 e. The highest BCUT2D eigenvalue weighted by Gasteiger charge is 2.18. The molecule has 0 fully saturated rings. The Labute approximate surface area is 158 Å². The van der Waals surface area contributed by atoms with Gasteiger partial charge in [0, 0.05) is 0 Å². The number of hydrogen-bond acceptors (Lipinski definition) is 5. The number of carbonyl (C=O) groups is 2. The number of amides is 1. The van der Waals surface area contributed by atoms with Gasteiger partial charge in [-0.1, -0.05) is 36.9 Å². The minimum absolute atomic E-state index is 0.00192. The lowest BCUT2D eigenvalue weighted by atomic mass is 10.1. The van der Waals surface area contributed by atoms with Crippen LogP contribution in [-0.2, 0) is 9.53 Å². The number of carbonyl (C=O) groups excluding carboxylic acids is 2. The zero-order valence-electron chi connectivity index (χ0n) is 15.2. The van der Waals surface area contributed by atoms with Gasteiger partial charge >= 0.3 is 5.97 Å². The van der Waals surface area contributed by atoms with Crippen LogP contribution in [0.3, 0.4) is 0 Å². The highest BCUT2D eigenvalue weighted by molar-refractivity contribution is 6.04. The Morgan fingerprint density at radius 2 is 1.74 bits per heavy atom. The van der Waals surface area contributed by atoms with Crippen LogP contribution in [0.1, 0.15) is 15.9 Å². The highest BCUT2D eigenvalue weighted by Crippen LogP contribution is 2.18. The molecule has 1 N–H and O–H groups in total. The van der Waals surface area contributed by atoms with E-state index in [1.165, 1.54) is 19.3 Å². The molecule has 6 heteroatoms. The van der Waals surface area contributed by atoms with Crippen molar-refractivity contribution in [2.45, 2.75) is 0 Å². The van der Waals surface area contributed by atoms with Crippen molar-refractivity contribution in [3.05, 3.63) is 78.0 Å². The summed E-state index contributed by atoms with van der Waals surface area (Å²) in [6.07, 6.45) is 2.98. The molecule has 0 saturated carbocycles. The number of rotatable bonds is 8. The van der Waals surface area contributed by atoms with E-state index < -0.39 is 11.9 Å². The standard InChI is InChI=1S/C21H21NO5/c1-4-13-27-21(24)18(14-15-9-11-16(25-2)12-10-15)22-20(23)17-7-5-6-8-19(17)26-3/h4-12,14H,1,13H2,2-3H3,(H,22,23)/b18-14+. The summed E-state index contributed by atoms with van der Waals surface area (Å²) >= 11 is 0. The maximum Gasteiger partial charge on any atom is 0.355 e. The molecule has 6 nitrogen and oxygen atoms in total. The minimum atomic E-state index is -0.672. The van der Waals surface area contributed by atoms with Gasteiger partial charge in [-0.15, -0.1) is 0 Å². The van der Waals surface area contributed by atoms with Crippen molar-refractivity contribution in [2.75, 3.05) is 20.8 Å². The van der Waals surface area contributed by atoms with Crippen LogP contribution in [0.2, 0.25) is 0 Å². The fourth-order valence-corrected chi connectivity index (χ4v) is 2.25. The average Bonchev–Trinajstić information content (AvgIpc) is 2.71. The summed E-state index contributed by atoms with van der Waals surface area (Å²) in [5.74, 6) is -0.0732. The van der Waals surface area contributed by atoms with E-state index in [2.05, 4.69) is 11.9 Å². The Bertz CT molecular complexity index is 840. The quantitative estimate of drug-likeness (QED) is 0.441. The number of benzene rings is 2. The summed E-state index contributed by atoms with van der Waals surface area (Å²) in [5.41, 5.74) is 0.997. The third kappa shape index (κ3) is 5.47. The van der Waals surface area contributed by atoms with Crippen molar-refractivity contribution in [3.8, 4) is 11.5 Å². The average molecular weight is 367 g/mol. The first kappa shape index (κ1) is 19.8. The zero-order chi connectivity index (χ0) is 19.6. The fraction of sp³-hybridized carbons (Fsp3) is 0.143. The van der Waals surface area contributed by atoms with E-state index >= 15 is 0 Å². The summed E-state index contributed by atoms with van der Waals surface area (Å²) in [6.45, 7) is 3.54. The summed E-state index contributed by atoms with van der Waals surface area (Å²) in [7, 11) is 3.04. The van der Waals surface area contributed by atoms with Gasteiger partial charge in [-0.05, 0) is 35.9 Å². The van der Waals surface area contributed by atoms with E-state index in [-0.39, 0.29) is 12.3 Å². The van der Waals surface area contributed by atoms with Crippen molar-refractivity contribution in [1.82, 2.24) is 5.32 Å². The summed E-state index contributed by atoms with van der Waals surface area (Å²) in [5, 5.41) is 2.60. The molecular formula is C21H21NO5. The van der Waals surface area contributed by atoms with Gasteiger partial charge < -0.3 is 19.5 Å². The van der Waals surface area contributed by atoms with E-state index in [1.54, 1.807) is 55.6 Å². The van der Waals surface area contributed by atoms with Gasteiger partial charge in [0.2, 0.25) is 0 Å². The monoisotopic (exact) mass is 367 g/mol. The first-order valence-electron chi connectivity index (χ1n) is 8.17. The lowest BCUT2D eigenvalue weighted by molar-refractivity contribution is -0.138. The topological polar surface area (TPSA) is 73.9 Å². The molecule has 0 aliphatic rings. The first-order valence-corrected chi connectivity index (χ1v) is 8.17. The van der Waals surface area contributed by atoms with Gasteiger partial charge in [0.15, 0.2) is 0 Å². The third-order valence-electron chi connectivity index (χ3n) is 3.58. The van der Waals surface area contributed by atoms with Crippen molar-refractivity contribution in [2.24, 2.45) is 0 Å². The Morgan fingerprint density at radius 1 is 1.04 bits per heavy atom. The molecule has 0 bridgehead atoms. The summed E-state index contributed by atoms with van der Waals surface area (Å²) in [4.78, 5) is 25.0. The first-order chi connectivity index (χ1) is 13.1. The Balaban J connectivity index is 2.31. The fourth-order valence-electron chi connectivity index (χ4n) is 2.25. The maximum absolute atomic E-state index is 12.6. The number of methoxy groups -OCH3 is 2. The van der Waals surface area contributed by atoms with Crippen LogP contribution in [-0.4, -0.2) is 32.7 Å². The molecule has 0 radical (unpaired) electrons. The van der Waals surface area contributed by atoms with Gasteiger partial charge in [0.05, 0.1) is 19.8 Å². The number of para-hydroxylation sites is 1. The molecule has 2 aromatic carbocycles. The zero-order valence-corrected chi connectivity index (χ0v) is 15.2. The van der Waals surface area contributed by atoms with Gasteiger partial charge in [-0.2, -0.15) is 0 Å². The summed E-state index contributed by atoms with van der Waals surface area (Å²) < 4.78 is 15.4. The highest BCUT2D eigenvalue weighted by atomic mass is 16.5. The number of nitrogens with one attached hydrogen (secondary N) is 1. The van der Waals surface area contributed by atoms with Crippen LogP contribution in [0.25, 0.3) is 6.08 Å². The van der Waals surface area contributed by atoms with Crippen LogP contribution in [0, 0.1) is 0 Å². The SMILES string of the molecule is C=CCOC(=O)/C(=C\c1ccc(OC)cc1)NC(=O)c1ccccc1OC. The molecule has 0 unspecified atom stereocenters. The lowest BCUT2D eigenvalue weighted by Crippen LogP contribution is -2.29. The Morgan fingerprint density at radius 3 is 2.37 bits per heavy atom. The molecule has 2 aromatic rings. The molecule has 140 valence electrons. The number of ether oxygens (including phenoxy) is 3. The van der Waals surface area contributed by atoms with Crippen LogP contribution in [0.5, 0.6) is 11.5 Å². The Kier molecular flexibility index (Phi) is 7.19. The van der Waals surface area contributed by atoms with E-state index in [1.807, 2.05) is 0 Å². The largest absolute Gasteiger partial charge is 0.497 e. The Hall–Kier alpha value is -3.54. The molecule has 27 heavy (non-hydrogen) atoms. The van der Waals surface area contributed by atoms with Gasteiger partial charge in [0.25, 0.3) is 5.91 Å². The van der Waals surface area contributed by atoms with Crippen molar-refractivity contribution in [1.29, 1.82) is 0 Å². The molecule has 0 saturated heterocycles. The molecule has 2 rings (SSSR count). The van der Waals surface area contributed by atoms with Crippen LogP contribution in [0.4, 0.5) is 0 Å². The maximum atomic E-state index is 12.6. The molecule has 0 spiro atoms. The van der Waals surface area contributed by atoms with Crippen molar-refractivity contribution >= 4 is 18.0 Å².